The topological polar surface area (TPSA) is 75.9 Å². The molecule has 2 aliphatic rings. The van der Waals surface area contributed by atoms with Crippen molar-refractivity contribution in [2.75, 3.05) is 19.6 Å². The Labute approximate surface area is 193 Å². The first kappa shape index (κ1) is 21.6. The normalized spacial score (nSPS) is 20.2. The smallest absolute Gasteiger partial charge is 0.290 e. The number of furan rings is 1. The molecule has 2 fully saturated rings. The molecule has 172 valence electrons. The van der Waals surface area contributed by atoms with Crippen molar-refractivity contribution in [3.05, 3.63) is 66.2 Å². The molecule has 2 aromatic heterocycles. The summed E-state index contributed by atoms with van der Waals surface area (Å²) in [6.07, 6.45) is 8.72. The number of carbonyl (C=O) groups excluding carboxylic acids is 2. The minimum Gasteiger partial charge on any atom is -0.451 e. The number of amides is 2. The van der Waals surface area contributed by atoms with Crippen molar-refractivity contribution in [2.24, 2.45) is 0 Å². The molecule has 1 aliphatic heterocycles. The number of benzene rings is 1. The van der Waals surface area contributed by atoms with Crippen LogP contribution in [0.15, 0.2) is 59.3 Å². The highest BCUT2D eigenvalue weighted by atomic mass is 16.5. The number of nitrogens with zero attached hydrogens (tertiary/aromatic N) is 3. The molecule has 0 bridgehead atoms. The third-order valence-corrected chi connectivity index (χ3v) is 6.64. The van der Waals surface area contributed by atoms with Crippen molar-refractivity contribution in [1.82, 2.24) is 14.8 Å². The molecule has 1 atom stereocenters. The van der Waals surface area contributed by atoms with Crippen molar-refractivity contribution in [3.8, 4) is 0 Å². The van der Waals surface area contributed by atoms with Gasteiger partial charge in [-0.3, -0.25) is 14.6 Å². The average Bonchev–Trinajstić information content (AvgIpc) is 3.22. The van der Waals surface area contributed by atoms with Crippen molar-refractivity contribution in [1.29, 1.82) is 0 Å². The van der Waals surface area contributed by atoms with E-state index in [2.05, 4.69) is 4.98 Å². The Morgan fingerprint density at radius 2 is 1.85 bits per heavy atom. The van der Waals surface area contributed by atoms with Gasteiger partial charge in [0, 0.05) is 36.9 Å². The molecule has 0 spiro atoms. The molecule has 2 amide bonds. The Balaban J connectivity index is 1.37. The summed E-state index contributed by atoms with van der Waals surface area (Å²) in [5.41, 5.74) is 1.68. The van der Waals surface area contributed by atoms with Gasteiger partial charge in [0.05, 0.1) is 12.7 Å². The first-order valence-corrected chi connectivity index (χ1v) is 11.8. The number of hydrogen-bond donors (Lipinski definition) is 0. The molecule has 1 saturated heterocycles. The van der Waals surface area contributed by atoms with Crippen LogP contribution in [-0.2, 0) is 16.1 Å². The largest absolute Gasteiger partial charge is 0.451 e. The third-order valence-electron chi connectivity index (χ3n) is 6.64. The zero-order chi connectivity index (χ0) is 22.6. The zero-order valence-electron chi connectivity index (χ0n) is 18.7. The van der Waals surface area contributed by atoms with Crippen LogP contribution >= 0.6 is 0 Å². The van der Waals surface area contributed by atoms with E-state index in [0.717, 1.165) is 36.6 Å². The summed E-state index contributed by atoms with van der Waals surface area (Å²) in [6.45, 7) is 1.29. The summed E-state index contributed by atoms with van der Waals surface area (Å²) in [6, 6.07) is 13.3. The summed E-state index contributed by atoms with van der Waals surface area (Å²) < 4.78 is 12.1. The van der Waals surface area contributed by atoms with Crippen LogP contribution < -0.4 is 0 Å². The number of rotatable bonds is 5. The van der Waals surface area contributed by atoms with Crippen molar-refractivity contribution in [3.63, 3.8) is 0 Å². The number of pyridine rings is 1. The fourth-order valence-electron chi connectivity index (χ4n) is 4.89. The van der Waals surface area contributed by atoms with Crippen LogP contribution in [0.4, 0.5) is 0 Å². The Morgan fingerprint density at radius 3 is 2.64 bits per heavy atom. The summed E-state index contributed by atoms with van der Waals surface area (Å²) >= 11 is 0. The van der Waals surface area contributed by atoms with Crippen LogP contribution in [0.1, 0.15) is 48.2 Å². The zero-order valence-corrected chi connectivity index (χ0v) is 18.7. The number of carbonyl (C=O) groups is 2. The quantitative estimate of drug-likeness (QED) is 0.590. The van der Waals surface area contributed by atoms with E-state index in [4.69, 9.17) is 9.15 Å². The molecule has 1 unspecified atom stereocenters. The third kappa shape index (κ3) is 4.93. The molecule has 0 N–H and O–H groups in total. The van der Waals surface area contributed by atoms with E-state index in [0.29, 0.717) is 25.3 Å². The first-order chi connectivity index (χ1) is 16.2. The van der Waals surface area contributed by atoms with E-state index < -0.39 is 0 Å². The minimum absolute atomic E-state index is 0.0126. The minimum atomic E-state index is -0.278. The average molecular weight is 448 g/mol. The van der Waals surface area contributed by atoms with Crippen LogP contribution in [0.2, 0.25) is 0 Å². The molecule has 1 aliphatic carbocycles. The van der Waals surface area contributed by atoms with E-state index in [9.17, 15) is 9.59 Å². The van der Waals surface area contributed by atoms with Gasteiger partial charge in [-0.2, -0.15) is 0 Å². The Hall–Kier alpha value is -3.19. The number of para-hydroxylation sites is 1. The lowest BCUT2D eigenvalue weighted by Crippen LogP contribution is -2.46. The maximum atomic E-state index is 13.4. The van der Waals surface area contributed by atoms with Gasteiger partial charge in [0.1, 0.15) is 12.1 Å². The molecule has 7 nitrogen and oxygen atoms in total. The SMILES string of the molecule is O=C(c1cc2ccccc2o1)N1CC(=O)N(C2CCCCC2)CC(OCc2ccncc2)C1. The lowest BCUT2D eigenvalue weighted by atomic mass is 9.94. The van der Waals surface area contributed by atoms with Gasteiger partial charge in [-0.1, -0.05) is 37.5 Å². The molecular formula is C26H29N3O4. The highest BCUT2D eigenvalue weighted by Gasteiger charge is 2.35. The molecular weight excluding hydrogens is 418 g/mol. The highest BCUT2D eigenvalue weighted by Crippen LogP contribution is 2.26. The highest BCUT2D eigenvalue weighted by molar-refractivity contribution is 5.98. The Morgan fingerprint density at radius 1 is 1.06 bits per heavy atom. The van der Waals surface area contributed by atoms with Gasteiger partial charge in [-0.15, -0.1) is 0 Å². The molecule has 3 heterocycles. The Bertz CT molecular complexity index is 1070. The monoisotopic (exact) mass is 447 g/mol. The molecule has 33 heavy (non-hydrogen) atoms. The van der Waals surface area contributed by atoms with Crippen LogP contribution in [0.5, 0.6) is 0 Å². The lowest BCUT2D eigenvalue weighted by Gasteiger charge is -2.34. The van der Waals surface area contributed by atoms with E-state index in [1.807, 2.05) is 41.3 Å². The molecule has 3 aromatic rings. The molecule has 0 radical (unpaired) electrons. The fourth-order valence-corrected chi connectivity index (χ4v) is 4.89. The maximum Gasteiger partial charge on any atom is 0.290 e. The van der Waals surface area contributed by atoms with Crippen molar-refractivity contribution < 1.29 is 18.7 Å². The van der Waals surface area contributed by atoms with Gasteiger partial charge in [-0.05, 0) is 42.7 Å². The second-order valence-corrected chi connectivity index (χ2v) is 8.96. The summed E-state index contributed by atoms with van der Waals surface area (Å²) in [5, 5.41) is 0.872. The van der Waals surface area contributed by atoms with Crippen LogP contribution in [0.3, 0.4) is 0 Å². The van der Waals surface area contributed by atoms with Crippen molar-refractivity contribution >= 4 is 22.8 Å². The number of ether oxygens (including phenoxy) is 1. The van der Waals surface area contributed by atoms with Gasteiger partial charge in [0.25, 0.3) is 5.91 Å². The summed E-state index contributed by atoms with van der Waals surface area (Å²) in [5.74, 6) is -0.0353. The van der Waals surface area contributed by atoms with Gasteiger partial charge in [-0.25, -0.2) is 0 Å². The summed E-state index contributed by atoms with van der Waals surface area (Å²) in [4.78, 5) is 34.3. The lowest BCUT2D eigenvalue weighted by molar-refractivity contribution is -0.134. The van der Waals surface area contributed by atoms with E-state index in [1.165, 1.54) is 6.42 Å². The maximum absolute atomic E-state index is 13.4. The van der Waals surface area contributed by atoms with Gasteiger partial charge < -0.3 is 19.0 Å². The van der Waals surface area contributed by atoms with Gasteiger partial charge in [0.2, 0.25) is 5.91 Å². The second kappa shape index (κ2) is 9.75. The number of fused-ring (bicyclic) bond motifs is 1. The molecule has 1 aromatic carbocycles. The first-order valence-electron chi connectivity index (χ1n) is 11.8. The predicted octanol–water partition coefficient (Wildman–Crippen LogP) is 4.03. The van der Waals surface area contributed by atoms with Gasteiger partial charge >= 0.3 is 0 Å². The van der Waals surface area contributed by atoms with E-state index in [-0.39, 0.29) is 36.3 Å². The van der Waals surface area contributed by atoms with Crippen LogP contribution in [-0.4, -0.2) is 58.4 Å². The van der Waals surface area contributed by atoms with E-state index in [1.54, 1.807) is 23.4 Å². The Kier molecular flexibility index (Phi) is 6.39. The van der Waals surface area contributed by atoms with E-state index >= 15 is 0 Å². The summed E-state index contributed by atoms with van der Waals surface area (Å²) in [7, 11) is 0. The molecule has 5 rings (SSSR count). The fraction of sp³-hybridized carbons (Fsp3) is 0.423. The van der Waals surface area contributed by atoms with Crippen LogP contribution in [0.25, 0.3) is 11.0 Å². The second-order valence-electron chi connectivity index (χ2n) is 8.96. The van der Waals surface area contributed by atoms with Gasteiger partial charge in [0.15, 0.2) is 5.76 Å². The van der Waals surface area contributed by atoms with Crippen LogP contribution in [0, 0.1) is 0 Å². The predicted molar refractivity (Wildman–Crippen MR) is 124 cm³/mol. The molecule has 7 heteroatoms. The number of hydrogen-bond acceptors (Lipinski definition) is 5. The standard InChI is InChI=1S/C26H29N3O4/c30-25-17-28(26(31)24-14-20-6-4-5-9-23(20)33-24)15-22(32-18-19-10-12-27-13-11-19)16-29(25)21-7-2-1-3-8-21/h4-6,9-14,21-22H,1-3,7-8,15-18H2. The molecule has 1 saturated carbocycles. The number of aromatic nitrogens is 1. The van der Waals surface area contributed by atoms with Crippen molar-refractivity contribution in [2.45, 2.75) is 50.9 Å².